The first kappa shape index (κ1) is 20.2. The number of rotatable bonds is 4. The largest absolute Gasteiger partial charge is 0.477 e. The van der Waals surface area contributed by atoms with Gasteiger partial charge in [-0.05, 0) is 43.9 Å². The molecule has 6 nitrogen and oxygen atoms in total. The first-order valence-corrected chi connectivity index (χ1v) is 9.73. The molecule has 1 fully saturated rings. The van der Waals surface area contributed by atoms with E-state index in [0.717, 1.165) is 11.7 Å². The van der Waals surface area contributed by atoms with E-state index in [0.29, 0.717) is 37.3 Å². The monoisotopic (exact) mass is 418 g/mol. The number of carbonyl (C=O) groups excluding carboxylic acids is 1. The molecule has 1 saturated heterocycles. The lowest BCUT2D eigenvalue weighted by atomic mass is 9.97. The van der Waals surface area contributed by atoms with Crippen molar-refractivity contribution in [3.05, 3.63) is 59.7 Å². The van der Waals surface area contributed by atoms with Gasteiger partial charge in [0.2, 0.25) is 5.88 Å². The van der Waals surface area contributed by atoms with Crippen LogP contribution in [0.15, 0.2) is 42.6 Å². The number of nitrogens with zero attached hydrogens (tertiary/aromatic N) is 4. The maximum atomic E-state index is 13.0. The molecule has 158 valence electrons. The summed E-state index contributed by atoms with van der Waals surface area (Å²) in [6.45, 7) is 3.21. The van der Waals surface area contributed by atoms with E-state index in [9.17, 15) is 18.0 Å². The van der Waals surface area contributed by atoms with E-state index in [2.05, 4.69) is 9.97 Å². The summed E-state index contributed by atoms with van der Waals surface area (Å²) < 4.78 is 45.6. The minimum Gasteiger partial charge on any atom is -0.477 e. The molecule has 0 atom stereocenters. The molecular weight excluding hydrogens is 397 g/mol. The smallest absolute Gasteiger partial charge is 0.433 e. The van der Waals surface area contributed by atoms with Gasteiger partial charge in [0.15, 0.2) is 0 Å². The third-order valence-corrected chi connectivity index (χ3v) is 5.29. The van der Waals surface area contributed by atoms with E-state index in [-0.39, 0.29) is 24.3 Å². The van der Waals surface area contributed by atoms with Crippen LogP contribution < -0.4 is 4.74 Å². The molecule has 1 aliphatic rings. The minimum atomic E-state index is -4.50. The van der Waals surface area contributed by atoms with E-state index in [1.165, 1.54) is 12.1 Å². The van der Waals surface area contributed by atoms with E-state index in [4.69, 9.17) is 4.74 Å². The van der Waals surface area contributed by atoms with Crippen molar-refractivity contribution in [2.45, 2.75) is 25.9 Å². The second-order valence-corrected chi connectivity index (χ2v) is 7.38. The Hall–Kier alpha value is -3.10. The van der Waals surface area contributed by atoms with Crippen molar-refractivity contribution < 1.29 is 22.7 Å². The number of fused-ring (bicyclic) bond motifs is 1. The van der Waals surface area contributed by atoms with Gasteiger partial charge < -0.3 is 9.64 Å². The molecule has 0 bridgehead atoms. The highest BCUT2D eigenvalue weighted by atomic mass is 19.4. The van der Waals surface area contributed by atoms with Crippen LogP contribution >= 0.6 is 0 Å². The molecule has 1 aliphatic heterocycles. The summed E-state index contributed by atoms with van der Waals surface area (Å²) in [6.07, 6.45) is -1.26. The van der Waals surface area contributed by atoms with Gasteiger partial charge in [0, 0.05) is 25.4 Å². The highest BCUT2D eigenvalue weighted by Crippen LogP contribution is 2.29. The lowest BCUT2D eigenvalue weighted by Gasteiger charge is -2.31. The van der Waals surface area contributed by atoms with Crippen molar-refractivity contribution in [3.63, 3.8) is 0 Å². The Morgan fingerprint density at radius 1 is 1.13 bits per heavy atom. The van der Waals surface area contributed by atoms with E-state index in [1.807, 2.05) is 31.3 Å². The van der Waals surface area contributed by atoms with Gasteiger partial charge in [-0.3, -0.25) is 9.20 Å². The van der Waals surface area contributed by atoms with Crippen LogP contribution in [0.5, 0.6) is 5.88 Å². The maximum absolute atomic E-state index is 13.0. The average molecular weight is 418 g/mol. The topological polar surface area (TPSA) is 59.7 Å². The fraction of sp³-hybridized carbons (Fsp3) is 0.381. The summed E-state index contributed by atoms with van der Waals surface area (Å²) in [5.41, 5.74) is 1.01. The van der Waals surface area contributed by atoms with E-state index >= 15 is 0 Å². The van der Waals surface area contributed by atoms with Gasteiger partial charge in [0.1, 0.15) is 17.0 Å². The Kier molecular flexibility index (Phi) is 5.36. The van der Waals surface area contributed by atoms with Crippen LogP contribution in [-0.4, -0.2) is 44.9 Å². The predicted octanol–water partition coefficient (Wildman–Crippen LogP) is 3.99. The quantitative estimate of drug-likeness (QED) is 0.643. The second kappa shape index (κ2) is 7.97. The van der Waals surface area contributed by atoms with Gasteiger partial charge in [-0.1, -0.05) is 12.1 Å². The minimum absolute atomic E-state index is 0.0373. The lowest BCUT2D eigenvalue weighted by molar-refractivity contribution is -0.141. The normalized spacial score (nSPS) is 15.5. The maximum Gasteiger partial charge on any atom is 0.433 e. The zero-order valence-electron chi connectivity index (χ0n) is 16.4. The summed E-state index contributed by atoms with van der Waals surface area (Å²) >= 11 is 0. The van der Waals surface area contributed by atoms with Crippen molar-refractivity contribution in [1.82, 2.24) is 19.3 Å². The molecule has 0 unspecified atom stereocenters. The molecule has 4 heterocycles. The molecule has 0 aromatic carbocycles. The lowest BCUT2D eigenvalue weighted by Crippen LogP contribution is -2.40. The second-order valence-electron chi connectivity index (χ2n) is 7.38. The molecule has 1 amide bonds. The number of piperidine rings is 1. The van der Waals surface area contributed by atoms with Gasteiger partial charge in [-0.15, -0.1) is 0 Å². The number of alkyl halides is 3. The van der Waals surface area contributed by atoms with Crippen molar-refractivity contribution in [1.29, 1.82) is 0 Å². The molecule has 0 spiro atoms. The molecule has 30 heavy (non-hydrogen) atoms. The van der Waals surface area contributed by atoms with Crippen LogP contribution in [0.4, 0.5) is 13.2 Å². The highest BCUT2D eigenvalue weighted by Gasteiger charge is 2.33. The van der Waals surface area contributed by atoms with Crippen molar-refractivity contribution >= 4 is 11.6 Å². The highest BCUT2D eigenvalue weighted by molar-refractivity contribution is 5.94. The molecule has 9 heteroatoms. The number of hydrogen-bond donors (Lipinski definition) is 0. The fourth-order valence-electron chi connectivity index (χ4n) is 3.68. The Morgan fingerprint density at radius 3 is 2.63 bits per heavy atom. The molecule has 0 radical (unpaired) electrons. The Bertz CT molecular complexity index is 1060. The Labute approximate surface area is 171 Å². The summed E-state index contributed by atoms with van der Waals surface area (Å²) in [6, 6.07) is 9.21. The summed E-state index contributed by atoms with van der Waals surface area (Å²) in [4.78, 5) is 22.8. The molecule has 0 saturated carbocycles. The Balaban J connectivity index is 1.35. The summed E-state index contributed by atoms with van der Waals surface area (Å²) in [5.74, 6) is 0.0449. The molecular formula is C21H21F3N4O2. The average Bonchev–Trinajstić information content (AvgIpc) is 3.07. The number of pyridine rings is 2. The molecule has 4 rings (SSSR count). The van der Waals surface area contributed by atoms with Gasteiger partial charge in [0.25, 0.3) is 5.91 Å². The standard InChI is InChI=1S/C21H21F3N4O2/c1-14-19(28-10-3-2-6-17(28)25-14)20(29)27-11-8-15(9-12-27)13-30-18-7-4-5-16(26-18)21(22,23)24/h2-7,10,15H,8-9,11-13H2,1H3. The molecule has 3 aromatic rings. The number of likely N-dealkylation sites (tertiary alicyclic amines) is 1. The van der Waals surface area contributed by atoms with E-state index in [1.54, 1.807) is 9.30 Å². The van der Waals surface area contributed by atoms with Gasteiger partial charge in [-0.2, -0.15) is 13.2 Å². The predicted molar refractivity (Wildman–Crippen MR) is 103 cm³/mol. The van der Waals surface area contributed by atoms with Crippen molar-refractivity contribution in [2.75, 3.05) is 19.7 Å². The first-order valence-electron chi connectivity index (χ1n) is 9.73. The number of hydrogen-bond acceptors (Lipinski definition) is 4. The zero-order chi connectivity index (χ0) is 21.3. The van der Waals surface area contributed by atoms with Gasteiger partial charge in [-0.25, -0.2) is 9.97 Å². The van der Waals surface area contributed by atoms with Crippen LogP contribution in [0.3, 0.4) is 0 Å². The first-order chi connectivity index (χ1) is 14.3. The molecule has 3 aromatic heterocycles. The van der Waals surface area contributed by atoms with Crippen LogP contribution in [0.2, 0.25) is 0 Å². The number of aromatic nitrogens is 3. The third kappa shape index (κ3) is 4.10. The number of imidazole rings is 1. The number of halogens is 3. The third-order valence-electron chi connectivity index (χ3n) is 5.29. The summed E-state index contributed by atoms with van der Waals surface area (Å²) in [5, 5.41) is 0. The number of aryl methyl sites for hydroxylation is 1. The fourth-order valence-corrected chi connectivity index (χ4v) is 3.68. The summed E-state index contributed by atoms with van der Waals surface area (Å²) in [7, 11) is 0. The number of amides is 1. The van der Waals surface area contributed by atoms with Crippen molar-refractivity contribution in [3.8, 4) is 5.88 Å². The van der Waals surface area contributed by atoms with Gasteiger partial charge >= 0.3 is 6.18 Å². The zero-order valence-corrected chi connectivity index (χ0v) is 16.4. The number of ether oxygens (including phenoxy) is 1. The van der Waals surface area contributed by atoms with Gasteiger partial charge in [0.05, 0.1) is 12.3 Å². The Morgan fingerprint density at radius 2 is 1.90 bits per heavy atom. The van der Waals surface area contributed by atoms with Crippen LogP contribution in [-0.2, 0) is 6.18 Å². The van der Waals surface area contributed by atoms with Crippen molar-refractivity contribution in [2.24, 2.45) is 5.92 Å². The van der Waals surface area contributed by atoms with Crippen LogP contribution in [0.1, 0.15) is 34.7 Å². The molecule has 0 aliphatic carbocycles. The SMILES string of the molecule is Cc1nc2ccccn2c1C(=O)N1CCC(COc2cccc(C(F)(F)F)n2)CC1. The van der Waals surface area contributed by atoms with E-state index < -0.39 is 11.9 Å². The number of carbonyl (C=O) groups is 1. The molecule has 0 N–H and O–H groups in total. The van der Waals surface area contributed by atoms with Crippen LogP contribution in [0, 0.1) is 12.8 Å². The van der Waals surface area contributed by atoms with Crippen LogP contribution in [0.25, 0.3) is 5.65 Å².